The molecule has 0 aliphatic heterocycles. The van der Waals surface area contributed by atoms with Crippen molar-refractivity contribution >= 4 is 0 Å². The highest BCUT2D eigenvalue weighted by Gasteiger charge is 2.32. The number of halogens is 3. The van der Waals surface area contributed by atoms with Gasteiger partial charge in [0.25, 0.3) is 0 Å². The van der Waals surface area contributed by atoms with Gasteiger partial charge in [-0.15, -0.1) is 0 Å². The van der Waals surface area contributed by atoms with Crippen molar-refractivity contribution in [2.24, 2.45) is 11.3 Å². The third kappa shape index (κ3) is 15.8. The minimum Gasteiger partial charge on any atom is -0.269 e. The molecule has 0 aliphatic rings. The van der Waals surface area contributed by atoms with Crippen molar-refractivity contribution in [1.82, 2.24) is 0 Å². The Bertz CT molecular complexity index is 154. The lowest BCUT2D eigenvalue weighted by Gasteiger charge is -2.26. The summed E-state index contributed by atoms with van der Waals surface area (Å²) in [6, 6.07) is 0. The first-order valence-electron chi connectivity index (χ1n) is 6.46. The van der Waals surface area contributed by atoms with E-state index in [2.05, 4.69) is 34.6 Å². The summed E-state index contributed by atoms with van der Waals surface area (Å²) in [5.41, 5.74) is 0.165. The molecule has 0 fully saturated rings. The first-order valence-corrected chi connectivity index (χ1v) is 6.46. The second-order valence-corrected chi connectivity index (χ2v) is 5.87. The molecule has 0 saturated carbocycles. The van der Waals surface area contributed by atoms with Crippen LogP contribution in [-0.4, -0.2) is 5.92 Å². The van der Waals surface area contributed by atoms with Gasteiger partial charge in [-0.3, -0.25) is 4.70 Å². The fourth-order valence-electron chi connectivity index (χ4n) is 1.42. The summed E-state index contributed by atoms with van der Waals surface area (Å²) < 4.78 is 25.9. The molecule has 0 aromatic heterocycles. The highest BCUT2D eigenvalue weighted by atomic mass is 19.3. The Hall–Kier alpha value is -0.210. The summed E-state index contributed by atoms with van der Waals surface area (Å²) in [7, 11) is 0. The molecule has 0 N–H and O–H groups in total. The van der Waals surface area contributed by atoms with E-state index in [-0.39, 0.29) is 10.1 Å². The van der Waals surface area contributed by atoms with E-state index < -0.39 is 11.8 Å². The average molecular weight is 256 g/mol. The molecule has 0 saturated heterocycles. The lowest BCUT2D eigenvalue weighted by Crippen LogP contribution is -2.25. The van der Waals surface area contributed by atoms with Gasteiger partial charge in [-0.2, -0.15) is 0 Å². The minimum atomic E-state index is -2.51. The normalized spacial score (nSPS) is 13.2. The summed E-state index contributed by atoms with van der Waals surface area (Å²) >= 11 is 0. The van der Waals surface area contributed by atoms with Crippen molar-refractivity contribution in [3.63, 3.8) is 0 Å². The molecule has 0 heterocycles. The number of alkyl halides is 2. The van der Waals surface area contributed by atoms with Gasteiger partial charge in [0.05, 0.1) is 0 Å². The lowest BCUT2D eigenvalue weighted by atomic mass is 9.84. The molecule has 1 atom stereocenters. The predicted octanol–water partition coefficient (Wildman–Crippen LogP) is 6.06. The lowest BCUT2D eigenvalue weighted by molar-refractivity contribution is -0.0472. The molecule has 0 radical (unpaired) electrons. The molecule has 17 heavy (non-hydrogen) atoms. The van der Waals surface area contributed by atoms with Gasteiger partial charge in [-0.05, 0) is 31.6 Å². The van der Waals surface area contributed by atoms with E-state index >= 15 is 0 Å². The van der Waals surface area contributed by atoms with Crippen LogP contribution in [0.3, 0.4) is 0 Å². The Labute approximate surface area is 106 Å². The second-order valence-electron chi connectivity index (χ2n) is 5.87. The zero-order valence-electron chi connectivity index (χ0n) is 12.6. The molecule has 0 aliphatic carbocycles. The standard InChI is InChI=1S/C11H22F2.C3H8.FH/c1-6-9(11(5,12)13)7-8-10(2,3)4;1-3-2;/h9H,6-8H2,1-5H3;3H2,1-2H3;1H. The number of hydrogen-bond acceptors (Lipinski definition) is 0. The van der Waals surface area contributed by atoms with Gasteiger partial charge < -0.3 is 0 Å². The molecule has 0 amide bonds. The molecule has 3 heteroatoms. The van der Waals surface area contributed by atoms with Crippen LogP contribution in [0, 0.1) is 11.3 Å². The topological polar surface area (TPSA) is 0 Å². The monoisotopic (exact) mass is 256 g/mol. The van der Waals surface area contributed by atoms with Gasteiger partial charge in [0, 0.05) is 5.92 Å². The predicted molar refractivity (Wildman–Crippen MR) is 71.6 cm³/mol. The molecule has 0 nitrogen and oxygen atoms in total. The van der Waals surface area contributed by atoms with Crippen molar-refractivity contribution < 1.29 is 13.5 Å². The molecule has 0 aromatic carbocycles. The third-order valence-electron chi connectivity index (χ3n) is 2.45. The van der Waals surface area contributed by atoms with E-state index in [9.17, 15) is 8.78 Å². The van der Waals surface area contributed by atoms with Crippen LogP contribution in [0.4, 0.5) is 13.5 Å². The zero-order valence-corrected chi connectivity index (χ0v) is 12.6. The van der Waals surface area contributed by atoms with Crippen LogP contribution in [0.2, 0.25) is 0 Å². The van der Waals surface area contributed by atoms with Gasteiger partial charge in [-0.1, -0.05) is 48.0 Å². The van der Waals surface area contributed by atoms with Gasteiger partial charge >= 0.3 is 0 Å². The Morgan fingerprint density at radius 2 is 1.29 bits per heavy atom. The van der Waals surface area contributed by atoms with Crippen LogP contribution < -0.4 is 0 Å². The fraction of sp³-hybridized carbons (Fsp3) is 1.00. The summed E-state index contributed by atoms with van der Waals surface area (Å²) in [6.45, 7) is 13.4. The molecular formula is C14H31F3. The van der Waals surface area contributed by atoms with Crippen LogP contribution >= 0.6 is 0 Å². The summed E-state index contributed by atoms with van der Waals surface area (Å²) in [5.74, 6) is -2.97. The van der Waals surface area contributed by atoms with Crippen molar-refractivity contribution in [2.45, 2.75) is 80.1 Å². The summed E-state index contributed by atoms with van der Waals surface area (Å²) in [5, 5.41) is 0. The fourth-order valence-corrected chi connectivity index (χ4v) is 1.42. The van der Waals surface area contributed by atoms with E-state index in [0.29, 0.717) is 12.8 Å². The van der Waals surface area contributed by atoms with Gasteiger partial charge in [0.2, 0.25) is 5.92 Å². The van der Waals surface area contributed by atoms with Crippen LogP contribution in [0.15, 0.2) is 0 Å². The van der Waals surface area contributed by atoms with Crippen molar-refractivity contribution in [3.8, 4) is 0 Å². The first kappa shape index (κ1) is 22.0. The third-order valence-corrected chi connectivity index (χ3v) is 2.45. The van der Waals surface area contributed by atoms with Crippen LogP contribution in [0.25, 0.3) is 0 Å². The summed E-state index contributed by atoms with van der Waals surface area (Å²) in [4.78, 5) is 0. The Balaban J connectivity index is -0.000000440. The van der Waals surface area contributed by atoms with E-state index in [4.69, 9.17) is 0 Å². The highest BCUT2D eigenvalue weighted by molar-refractivity contribution is 4.74. The van der Waals surface area contributed by atoms with E-state index in [1.54, 1.807) is 0 Å². The Kier molecular flexibility index (Phi) is 12.7. The summed E-state index contributed by atoms with van der Waals surface area (Å²) in [6.07, 6.45) is 3.32. The smallest absolute Gasteiger partial charge is 0.248 e. The molecule has 0 spiro atoms. The van der Waals surface area contributed by atoms with Crippen LogP contribution in [0.5, 0.6) is 0 Å². The van der Waals surface area contributed by atoms with Crippen molar-refractivity contribution in [1.29, 1.82) is 0 Å². The zero-order chi connectivity index (χ0) is 13.4. The number of hydrogen-bond donors (Lipinski definition) is 0. The van der Waals surface area contributed by atoms with Crippen molar-refractivity contribution in [2.75, 3.05) is 0 Å². The van der Waals surface area contributed by atoms with Crippen LogP contribution in [0.1, 0.15) is 74.1 Å². The maximum absolute atomic E-state index is 13.0. The SMILES string of the molecule is CCC.CCC(CCC(C)(C)C)C(C)(F)F.F. The molecule has 1 unspecified atom stereocenters. The average Bonchev–Trinajstić information content (AvgIpc) is 2.01. The van der Waals surface area contributed by atoms with E-state index in [1.165, 1.54) is 6.42 Å². The number of rotatable bonds is 4. The second kappa shape index (κ2) is 9.78. The first-order chi connectivity index (χ1) is 7.08. The van der Waals surface area contributed by atoms with E-state index in [0.717, 1.165) is 13.3 Å². The Morgan fingerprint density at radius 1 is 0.941 bits per heavy atom. The van der Waals surface area contributed by atoms with Crippen molar-refractivity contribution in [3.05, 3.63) is 0 Å². The largest absolute Gasteiger partial charge is 0.269 e. The van der Waals surface area contributed by atoms with E-state index in [1.807, 2.05) is 6.92 Å². The quantitative estimate of drug-likeness (QED) is 0.573. The molecule has 0 aromatic rings. The minimum absolute atomic E-state index is 0. The Morgan fingerprint density at radius 3 is 1.47 bits per heavy atom. The molecular weight excluding hydrogens is 225 g/mol. The van der Waals surface area contributed by atoms with Gasteiger partial charge in [0.1, 0.15) is 0 Å². The molecule has 0 bridgehead atoms. The maximum Gasteiger partial charge on any atom is 0.248 e. The van der Waals surface area contributed by atoms with Gasteiger partial charge in [0.15, 0.2) is 0 Å². The highest BCUT2D eigenvalue weighted by Crippen LogP contribution is 2.33. The maximum atomic E-state index is 13.0. The van der Waals surface area contributed by atoms with Crippen LogP contribution in [-0.2, 0) is 0 Å². The van der Waals surface area contributed by atoms with Gasteiger partial charge in [-0.25, -0.2) is 8.78 Å². The molecule has 0 rings (SSSR count). The molecule has 108 valence electrons.